The molecule has 0 aromatic carbocycles. The molecule has 6 nitrogen and oxygen atoms in total. The molecular formula is C18H24N2O4. The van der Waals surface area contributed by atoms with Crippen LogP contribution in [-0.4, -0.2) is 60.4 Å². The maximum Gasteiger partial charge on any atom is 0.228 e. The Kier molecular flexibility index (Phi) is 4.52. The van der Waals surface area contributed by atoms with E-state index in [0.717, 1.165) is 24.8 Å². The maximum atomic E-state index is 12.4. The van der Waals surface area contributed by atoms with Crippen molar-refractivity contribution in [3.05, 3.63) is 30.1 Å². The van der Waals surface area contributed by atoms with Crippen LogP contribution < -0.4 is 0 Å². The number of rotatable bonds is 4. The van der Waals surface area contributed by atoms with E-state index in [9.17, 15) is 4.79 Å². The van der Waals surface area contributed by atoms with Crippen LogP contribution in [0.4, 0.5) is 0 Å². The first kappa shape index (κ1) is 16.0. The fourth-order valence-electron chi connectivity index (χ4n) is 3.83. The van der Waals surface area contributed by atoms with Gasteiger partial charge in [0.05, 0.1) is 38.3 Å². The van der Waals surface area contributed by atoms with Gasteiger partial charge in [-0.1, -0.05) is 0 Å². The standard InChI is InChI=1S/C18H24N2O4/c21-17(15-3-7-22-11-15)20-12-18(13-20)9-16(4-8-24-18)23-10-14-1-5-19-6-2-14/h1-2,5-6,15-16H,3-4,7-13H2/t15-,16-/m1/s1. The smallest absolute Gasteiger partial charge is 0.228 e. The highest BCUT2D eigenvalue weighted by Crippen LogP contribution is 2.36. The van der Waals surface area contributed by atoms with Crippen LogP contribution >= 0.6 is 0 Å². The molecule has 1 aromatic heterocycles. The average Bonchev–Trinajstić information content (AvgIpc) is 3.13. The van der Waals surface area contributed by atoms with E-state index >= 15 is 0 Å². The SMILES string of the molecule is O=C([C@@H]1CCOC1)N1CC2(C[C@H](OCc3ccncc3)CCO2)C1. The molecule has 1 amide bonds. The molecule has 3 saturated heterocycles. The normalized spacial score (nSPS) is 28.8. The van der Waals surface area contributed by atoms with Gasteiger partial charge >= 0.3 is 0 Å². The minimum atomic E-state index is -0.198. The molecular weight excluding hydrogens is 308 g/mol. The van der Waals surface area contributed by atoms with Crippen LogP contribution in [0.1, 0.15) is 24.8 Å². The summed E-state index contributed by atoms with van der Waals surface area (Å²) in [6.45, 7) is 3.97. The zero-order chi connectivity index (χ0) is 16.4. The molecule has 3 aliphatic rings. The fourth-order valence-corrected chi connectivity index (χ4v) is 3.83. The first-order valence-electron chi connectivity index (χ1n) is 8.75. The van der Waals surface area contributed by atoms with Gasteiger partial charge < -0.3 is 19.1 Å². The number of ether oxygens (including phenoxy) is 3. The lowest BCUT2D eigenvalue weighted by Crippen LogP contribution is -2.68. The van der Waals surface area contributed by atoms with Gasteiger partial charge in [-0.3, -0.25) is 9.78 Å². The van der Waals surface area contributed by atoms with Crippen molar-refractivity contribution >= 4 is 5.91 Å². The van der Waals surface area contributed by atoms with Crippen LogP contribution in [-0.2, 0) is 25.6 Å². The Morgan fingerprint density at radius 1 is 1.29 bits per heavy atom. The second-order valence-electron chi connectivity index (χ2n) is 7.07. The van der Waals surface area contributed by atoms with E-state index < -0.39 is 0 Å². The second kappa shape index (κ2) is 6.78. The van der Waals surface area contributed by atoms with Crippen molar-refractivity contribution in [2.75, 3.05) is 32.9 Å². The number of carbonyl (C=O) groups is 1. The molecule has 4 heterocycles. The molecule has 0 N–H and O–H groups in total. The van der Waals surface area contributed by atoms with Crippen molar-refractivity contribution in [3.63, 3.8) is 0 Å². The lowest BCUT2D eigenvalue weighted by atomic mass is 9.84. The van der Waals surface area contributed by atoms with Crippen LogP contribution in [0.25, 0.3) is 0 Å². The zero-order valence-corrected chi connectivity index (χ0v) is 13.9. The number of amides is 1. The molecule has 0 aliphatic carbocycles. The Bertz CT molecular complexity index is 568. The number of carbonyl (C=O) groups excluding carboxylic acids is 1. The van der Waals surface area contributed by atoms with Crippen molar-refractivity contribution < 1.29 is 19.0 Å². The van der Waals surface area contributed by atoms with Gasteiger partial charge in [0.15, 0.2) is 0 Å². The van der Waals surface area contributed by atoms with E-state index in [4.69, 9.17) is 14.2 Å². The molecule has 0 radical (unpaired) electrons. The van der Waals surface area contributed by atoms with E-state index in [1.165, 1.54) is 0 Å². The van der Waals surface area contributed by atoms with E-state index in [1.54, 1.807) is 12.4 Å². The van der Waals surface area contributed by atoms with Gasteiger partial charge in [0.25, 0.3) is 0 Å². The summed E-state index contributed by atoms with van der Waals surface area (Å²) in [5.74, 6) is 0.270. The fraction of sp³-hybridized carbons (Fsp3) is 0.667. The predicted molar refractivity (Wildman–Crippen MR) is 86.2 cm³/mol. The first-order chi connectivity index (χ1) is 11.7. The third-order valence-electron chi connectivity index (χ3n) is 5.23. The van der Waals surface area contributed by atoms with Crippen molar-refractivity contribution in [2.24, 2.45) is 5.92 Å². The summed E-state index contributed by atoms with van der Waals surface area (Å²) in [6, 6.07) is 3.95. The number of hydrogen-bond donors (Lipinski definition) is 0. The van der Waals surface area contributed by atoms with E-state index in [0.29, 0.717) is 39.5 Å². The number of pyridine rings is 1. The number of likely N-dealkylation sites (tertiary alicyclic amines) is 1. The molecule has 6 heteroatoms. The number of hydrogen-bond acceptors (Lipinski definition) is 5. The van der Waals surface area contributed by atoms with E-state index in [2.05, 4.69) is 4.98 Å². The van der Waals surface area contributed by atoms with Crippen LogP contribution in [0, 0.1) is 5.92 Å². The predicted octanol–water partition coefficient (Wildman–Crippen LogP) is 1.39. The molecule has 0 saturated carbocycles. The molecule has 0 unspecified atom stereocenters. The van der Waals surface area contributed by atoms with Gasteiger partial charge in [0.2, 0.25) is 5.91 Å². The third kappa shape index (κ3) is 3.31. The van der Waals surface area contributed by atoms with E-state index in [-0.39, 0.29) is 23.5 Å². The lowest BCUT2D eigenvalue weighted by Gasteiger charge is -2.53. The maximum absolute atomic E-state index is 12.4. The minimum Gasteiger partial charge on any atom is -0.381 e. The minimum absolute atomic E-state index is 0.0460. The molecule has 1 aromatic rings. The van der Waals surface area contributed by atoms with Crippen molar-refractivity contribution in [1.82, 2.24) is 9.88 Å². The number of aromatic nitrogens is 1. The van der Waals surface area contributed by atoms with Gasteiger partial charge in [-0.2, -0.15) is 0 Å². The van der Waals surface area contributed by atoms with Gasteiger partial charge in [-0.05, 0) is 30.5 Å². The van der Waals surface area contributed by atoms with Gasteiger partial charge in [-0.25, -0.2) is 0 Å². The molecule has 24 heavy (non-hydrogen) atoms. The van der Waals surface area contributed by atoms with Crippen LogP contribution in [0.3, 0.4) is 0 Å². The highest BCUT2D eigenvalue weighted by atomic mass is 16.5. The van der Waals surface area contributed by atoms with Crippen molar-refractivity contribution in [3.8, 4) is 0 Å². The highest BCUT2D eigenvalue weighted by Gasteiger charge is 2.50. The quantitative estimate of drug-likeness (QED) is 0.834. The highest BCUT2D eigenvalue weighted by molar-refractivity contribution is 5.80. The summed E-state index contributed by atoms with van der Waals surface area (Å²) in [4.78, 5) is 18.3. The van der Waals surface area contributed by atoms with Gasteiger partial charge in [0.1, 0.15) is 5.60 Å². The Hall–Kier alpha value is -1.50. The molecule has 1 spiro atoms. The second-order valence-corrected chi connectivity index (χ2v) is 7.07. The Morgan fingerprint density at radius 3 is 2.88 bits per heavy atom. The Balaban J connectivity index is 1.27. The monoisotopic (exact) mass is 332 g/mol. The van der Waals surface area contributed by atoms with Crippen molar-refractivity contribution in [1.29, 1.82) is 0 Å². The van der Waals surface area contributed by atoms with Gasteiger partial charge in [-0.15, -0.1) is 0 Å². The number of nitrogens with zero attached hydrogens (tertiary/aromatic N) is 2. The summed E-state index contributed by atoms with van der Waals surface area (Å²) >= 11 is 0. The Labute approximate surface area is 142 Å². The molecule has 0 bridgehead atoms. The van der Waals surface area contributed by atoms with Crippen LogP contribution in [0.2, 0.25) is 0 Å². The van der Waals surface area contributed by atoms with Gasteiger partial charge in [0, 0.05) is 32.0 Å². The molecule has 3 aliphatic heterocycles. The topological polar surface area (TPSA) is 60.9 Å². The van der Waals surface area contributed by atoms with Crippen molar-refractivity contribution in [2.45, 2.75) is 37.6 Å². The summed E-state index contributed by atoms with van der Waals surface area (Å²) in [5.41, 5.74) is 0.938. The summed E-state index contributed by atoms with van der Waals surface area (Å²) in [7, 11) is 0. The Morgan fingerprint density at radius 2 is 2.12 bits per heavy atom. The molecule has 3 fully saturated rings. The first-order valence-corrected chi connectivity index (χ1v) is 8.75. The lowest BCUT2D eigenvalue weighted by molar-refractivity contribution is -0.204. The largest absolute Gasteiger partial charge is 0.381 e. The van der Waals surface area contributed by atoms with E-state index in [1.807, 2.05) is 17.0 Å². The zero-order valence-electron chi connectivity index (χ0n) is 13.9. The third-order valence-corrected chi connectivity index (χ3v) is 5.23. The molecule has 130 valence electrons. The molecule has 2 atom stereocenters. The summed E-state index contributed by atoms with van der Waals surface area (Å²) in [6.07, 6.45) is 6.39. The summed E-state index contributed by atoms with van der Waals surface area (Å²) < 4.78 is 17.4. The summed E-state index contributed by atoms with van der Waals surface area (Å²) in [5, 5.41) is 0. The molecule has 4 rings (SSSR count). The van der Waals surface area contributed by atoms with Crippen LogP contribution in [0.15, 0.2) is 24.5 Å². The van der Waals surface area contributed by atoms with Crippen LogP contribution in [0.5, 0.6) is 0 Å². The average molecular weight is 332 g/mol.